The minimum atomic E-state index is -0.708. The van der Waals surface area contributed by atoms with Crippen LogP contribution in [0.2, 0.25) is 0 Å². The average molecular weight is 294 g/mol. The summed E-state index contributed by atoms with van der Waals surface area (Å²) in [6, 6.07) is 8.76. The van der Waals surface area contributed by atoms with Crippen LogP contribution in [0.4, 0.5) is 4.79 Å². The number of amides is 2. The highest BCUT2D eigenvalue weighted by Gasteiger charge is 2.24. The monoisotopic (exact) mass is 294 g/mol. The third kappa shape index (κ3) is 6.27. The Morgan fingerprint density at radius 3 is 2.43 bits per heavy atom. The lowest BCUT2D eigenvalue weighted by molar-refractivity contribution is -0.137. The first-order valence-electron chi connectivity index (χ1n) is 6.93. The molecule has 1 atom stereocenters. The molecule has 0 radical (unpaired) electrons. The molecular formula is C15H22N2O4. The van der Waals surface area contributed by atoms with Crippen LogP contribution in [0.1, 0.15) is 26.3 Å². The van der Waals surface area contributed by atoms with Crippen LogP contribution in [-0.4, -0.2) is 24.6 Å². The Morgan fingerprint density at radius 2 is 1.86 bits per heavy atom. The number of hydrogen-bond donors (Lipinski definition) is 2. The molecule has 21 heavy (non-hydrogen) atoms. The van der Waals surface area contributed by atoms with E-state index in [1.54, 1.807) is 6.92 Å². The van der Waals surface area contributed by atoms with E-state index in [2.05, 4.69) is 10.8 Å². The molecule has 0 bridgehead atoms. The zero-order chi connectivity index (χ0) is 15.7. The van der Waals surface area contributed by atoms with Crippen molar-refractivity contribution in [2.45, 2.75) is 33.4 Å². The minimum Gasteiger partial charge on any atom is -0.450 e. The minimum absolute atomic E-state index is 0.0882. The number of alkyl carbamates (subject to hydrolysis) is 1. The summed E-state index contributed by atoms with van der Waals surface area (Å²) in [5.74, 6) is -0.497. The van der Waals surface area contributed by atoms with Crippen molar-refractivity contribution < 1.29 is 19.2 Å². The van der Waals surface area contributed by atoms with E-state index in [-0.39, 0.29) is 19.1 Å². The van der Waals surface area contributed by atoms with Gasteiger partial charge < -0.3 is 10.1 Å². The number of carbonyl (C=O) groups is 2. The van der Waals surface area contributed by atoms with Gasteiger partial charge in [0.2, 0.25) is 0 Å². The summed E-state index contributed by atoms with van der Waals surface area (Å²) in [7, 11) is 0. The van der Waals surface area contributed by atoms with E-state index in [1.807, 2.05) is 44.2 Å². The van der Waals surface area contributed by atoms with E-state index in [1.165, 1.54) is 0 Å². The molecule has 0 fully saturated rings. The molecule has 1 aromatic rings. The van der Waals surface area contributed by atoms with Gasteiger partial charge in [0.25, 0.3) is 5.91 Å². The fraction of sp³-hybridized carbons (Fsp3) is 0.467. The van der Waals surface area contributed by atoms with Crippen molar-refractivity contribution in [2.24, 2.45) is 5.92 Å². The van der Waals surface area contributed by atoms with Gasteiger partial charge in [-0.25, -0.2) is 10.3 Å². The first-order valence-corrected chi connectivity index (χ1v) is 6.93. The van der Waals surface area contributed by atoms with Gasteiger partial charge >= 0.3 is 6.09 Å². The summed E-state index contributed by atoms with van der Waals surface area (Å²) < 4.78 is 4.78. The lowest BCUT2D eigenvalue weighted by atomic mass is 10.0. The molecule has 1 aromatic carbocycles. The molecule has 0 aliphatic heterocycles. The van der Waals surface area contributed by atoms with Crippen LogP contribution in [-0.2, 0) is 21.0 Å². The van der Waals surface area contributed by atoms with Crippen LogP contribution in [0.25, 0.3) is 0 Å². The molecule has 0 aliphatic rings. The summed E-state index contributed by atoms with van der Waals surface area (Å²) in [6.45, 7) is 5.87. The molecule has 2 amide bonds. The van der Waals surface area contributed by atoms with Gasteiger partial charge in [-0.05, 0) is 18.4 Å². The largest absolute Gasteiger partial charge is 0.450 e. The average Bonchev–Trinajstić information content (AvgIpc) is 2.45. The molecule has 6 heteroatoms. The fourth-order valence-electron chi connectivity index (χ4n) is 1.66. The summed E-state index contributed by atoms with van der Waals surface area (Å²) in [6.07, 6.45) is -0.616. The van der Waals surface area contributed by atoms with Crippen molar-refractivity contribution in [1.29, 1.82) is 0 Å². The number of hydroxylamine groups is 1. The van der Waals surface area contributed by atoms with Crippen LogP contribution in [0.15, 0.2) is 30.3 Å². The van der Waals surface area contributed by atoms with Gasteiger partial charge in [-0.15, -0.1) is 0 Å². The summed E-state index contributed by atoms with van der Waals surface area (Å²) in [5, 5.41) is 2.51. The molecular weight excluding hydrogens is 272 g/mol. The first kappa shape index (κ1) is 17.0. The maximum Gasteiger partial charge on any atom is 0.407 e. The second kappa shape index (κ2) is 8.97. The molecule has 6 nitrogen and oxygen atoms in total. The highest BCUT2D eigenvalue weighted by atomic mass is 16.7. The molecule has 1 rings (SSSR count). The van der Waals surface area contributed by atoms with Crippen LogP contribution in [0.3, 0.4) is 0 Å². The van der Waals surface area contributed by atoms with Crippen LogP contribution in [0.5, 0.6) is 0 Å². The number of carbonyl (C=O) groups excluding carboxylic acids is 2. The number of nitrogens with one attached hydrogen (secondary N) is 2. The van der Waals surface area contributed by atoms with Gasteiger partial charge in [-0.1, -0.05) is 44.2 Å². The topological polar surface area (TPSA) is 76.7 Å². The maximum absolute atomic E-state index is 12.0. The normalized spacial score (nSPS) is 11.8. The van der Waals surface area contributed by atoms with Gasteiger partial charge in [0, 0.05) is 0 Å². The molecule has 0 aromatic heterocycles. The van der Waals surface area contributed by atoms with Gasteiger partial charge in [0.1, 0.15) is 6.04 Å². The standard InChI is InChI=1S/C15H22N2O4/c1-4-20-15(19)16-13(11(2)3)14(18)17-21-10-12-8-6-5-7-9-12/h5-9,11,13H,4,10H2,1-3H3,(H,16,19)(H,17,18). The Morgan fingerprint density at radius 1 is 1.19 bits per heavy atom. The van der Waals surface area contributed by atoms with E-state index in [0.29, 0.717) is 0 Å². The van der Waals surface area contributed by atoms with Crippen molar-refractivity contribution >= 4 is 12.0 Å². The molecule has 1 unspecified atom stereocenters. The number of benzene rings is 1. The molecule has 0 saturated heterocycles. The number of hydrogen-bond acceptors (Lipinski definition) is 4. The van der Waals surface area contributed by atoms with Crippen molar-refractivity contribution in [3.63, 3.8) is 0 Å². The lowest BCUT2D eigenvalue weighted by Gasteiger charge is -2.20. The molecule has 0 saturated carbocycles. The van der Waals surface area contributed by atoms with Gasteiger partial charge in [-0.3, -0.25) is 9.63 Å². The Labute approximate surface area is 124 Å². The molecule has 0 heterocycles. The maximum atomic E-state index is 12.0. The van der Waals surface area contributed by atoms with Crippen molar-refractivity contribution in [1.82, 2.24) is 10.8 Å². The second-order valence-corrected chi connectivity index (χ2v) is 4.83. The fourth-order valence-corrected chi connectivity index (χ4v) is 1.66. The summed E-state index contributed by atoms with van der Waals surface area (Å²) >= 11 is 0. The van der Waals surface area contributed by atoms with Crippen LogP contribution < -0.4 is 10.8 Å². The van der Waals surface area contributed by atoms with Crippen molar-refractivity contribution in [2.75, 3.05) is 6.61 Å². The quantitative estimate of drug-likeness (QED) is 0.754. The predicted octanol–water partition coefficient (Wildman–Crippen LogP) is 2.01. The zero-order valence-electron chi connectivity index (χ0n) is 12.6. The summed E-state index contributed by atoms with van der Waals surface area (Å²) in [5.41, 5.74) is 3.29. The molecule has 0 spiro atoms. The molecule has 0 aliphatic carbocycles. The Hall–Kier alpha value is -2.08. The third-order valence-electron chi connectivity index (χ3n) is 2.75. The number of rotatable bonds is 7. The lowest BCUT2D eigenvalue weighted by Crippen LogP contribution is -2.49. The smallest absolute Gasteiger partial charge is 0.407 e. The first-order chi connectivity index (χ1) is 10.0. The highest BCUT2D eigenvalue weighted by Crippen LogP contribution is 2.03. The van der Waals surface area contributed by atoms with Crippen LogP contribution >= 0.6 is 0 Å². The third-order valence-corrected chi connectivity index (χ3v) is 2.75. The van der Waals surface area contributed by atoms with Gasteiger partial charge in [0.15, 0.2) is 0 Å². The van der Waals surface area contributed by atoms with Gasteiger partial charge in [0.05, 0.1) is 13.2 Å². The van der Waals surface area contributed by atoms with E-state index >= 15 is 0 Å². The molecule has 116 valence electrons. The van der Waals surface area contributed by atoms with Crippen molar-refractivity contribution in [3.8, 4) is 0 Å². The Bertz CT molecular complexity index is 448. The van der Waals surface area contributed by atoms with E-state index in [4.69, 9.17) is 9.57 Å². The predicted molar refractivity (Wildman–Crippen MR) is 78.2 cm³/mol. The Kier molecular flexibility index (Phi) is 7.25. The van der Waals surface area contributed by atoms with Gasteiger partial charge in [-0.2, -0.15) is 0 Å². The second-order valence-electron chi connectivity index (χ2n) is 4.83. The van der Waals surface area contributed by atoms with E-state index in [0.717, 1.165) is 5.56 Å². The molecule has 2 N–H and O–H groups in total. The Balaban J connectivity index is 2.44. The SMILES string of the molecule is CCOC(=O)NC(C(=O)NOCc1ccccc1)C(C)C. The van der Waals surface area contributed by atoms with Crippen LogP contribution in [0, 0.1) is 5.92 Å². The summed E-state index contributed by atoms with van der Waals surface area (Å²) in [4.78, 5) is 28.6. The van der Waals surface area contributed by atoms with E-state index < -0.39 is 18.0 Å². The highest BCUT2D eigenvalue weighted by molar-refractivity contribution is 5.85. The van der Waals surface area contributed by atoms with E-state index in [9.17, 15) is 9.59 Å². The van der Waals surface area contributed by atoms with Crippen molar-refractivity contribution in [3.05, 3.63) is 35.9 Å². The zero-order valence-corrected chi connectivity index (χ0v) is 12.6. The number of ether oxygens (including phenoxy) is 1.